The lowest BCUT2D eigenvalue weighted by atomic mass is 10.1. The Balaban J connectivity index is 1.78. The zero-order valence-corrected chi connectivity index (χ0v) is 11.4. The fourth-order valence-electron chi connectivity index (χ4n) is 2.06. The van der Waals surface area contributed by atoms with Gasteiger partial charge in [-0.1, -0.05) is 12.1 Å². The molecule has 4 nitrogen and oxygen atoms in total. The Kier molecular flexibility index (Phi) is 5.19. The summed E-state index contributed by atoms with van der Waals surface area (Å²) in [5.41, 5.74) is -0.0645. The van der Waals surface area contributed by atoms with Gasteiger partial charge >= 0.3 is 6.18 Å². The molecule has 1 aromatic rings. The van der Waals surface area contributed by atoms with E-state index < -0.39 is 11.7 Å². The Hall–Kier alpha value is -1.60. The number of ether oxygens (including phenoxy) is 1. The van der Waals surface area contributed by atoms with Crippen LogP contribution in [0.3, 0.4) is 0 Å². The van der Waals surface area contributed by atoms with Crippen LogP contribution in [0.4, 0.5) is 13.2 Å². The SMILES string of the molecule is O=C(CC1COCCN1)NCc1ccc(C(F)(F)F)cc1. The molecule has 1 aromatic carbocycles. The van der Waals surface area contributed by atoms with E-state index in [1.54, 1.807) is 0 Å². The molecule has 21 heavy (non-hydrogen) atoms. The highest BCUT2D eigenvalue weighted by Gasteiger charge is 2.29. The molecule has 1 heterocycles. The lowest BCUT2D eigenvalue weighted by molar-refractivity contribution is -0.137. The Morgan fingerprint density at radius 1 is 1.33 bits per heavy atom. The Labute approximate surface area is 120 Å². The number of nitrogens with one attached hydrogen (secondary N) is 2. The first-order chi connectivity index (χ1) is 9.95. The minimum Gasteiger partial charge on any atom is -0.378 e. The molecular weight excluding hydrogens is 285 g/mol. The van der Waals surface area contributed by atoms with Crippen molar-refractivity contribution in [2.24, 2.45) is 0 Å². The van der Waals surface area contributed by atoms with Crippen molar-refractivity contribution in [3.63, 3.8) is 0 Å². The van der Waals surface area contributed by atoms with Crippen LogP contribution >= 0.6 is 0 Å². The van der Waals surface area contributed by atoms with Crippen LogP contribution in [-0.4, -0.2) is 31.7 Å². The Morgan fingerprint density at radius 2 is 2.05 bits per heavy atom. The number of carbonyl (C=O) groups excluding carboxylic acids is 1. The lowest BCUT2D eigenvalue weighted by Gasteiger charge is -2.23. The maximum Gasteiger partial charge on any atom is 0.416 e. The van der Waals surface area contributed by atoms with Gasteiger partial charge in [-0.15, -0.1) is 0 Å². The maximum absolute atomic E-state index is 12.4. The van der Waals surface area contributed by atoms with Gasteiger partial charge in [-0.25, -0.2) is 0 Å². The number of hydrogen-bond donors (Lipinski definition) is 2. The van der Waals surface area contributed by atoms with Crippen LogP contribution in [0.5, 0.6) is 0 Å². The molecule has 1 atom stereocenters. The Morgan fingerprint density at radius 3 is 2.62 bits per heavy atom. The third-order valence-electron chi connectivity index (χ3n) is 3.20. The van der Waals surface area contributed by atoms with Gasteiger partial charge in [-0.3, -0.25) is 4.79 Å². The first kappa shape index (κ1) is 15.8. The molecule has 2 rings (SSSR count). The van der Waals surface area contributed by atoms with E-state index >= 15 is 0 Å². The third kappa shape index (κ3) is 5.02. The zero-order valence-electron chi connectivity index (χ0n) is 11.4. The van der Waals surface area contributed by atoms with Crippen LogP contribution < -0.4 is 10.6 Å². The molecule has 1 fully saturated rings. The zero-order chi connectivity index (χ0) is 15.3. The summed E-state index contributed by atoms with van der Waals surface area (Å²) in [4.78, 5) is 11.7. The van der Waals surface area contributed by atoms with E-state index in [0.717, 1.165) is 18.7 Å². The monoisotopic (exact) mass is 302 g/mol. The highest BCUT2D eigenvalue weighted by atomic mass is 19.4. The van der Waals surface area contributed by atoms with Crippen molar-refractivity contribution in [2.45, 2.75) is 25.2 Å². The second kappa shape index (κ2) is 6.91. The minimum atomic E-state index is -4.34. The topological polar surface area (TPSA) is 50.4 Å². The van der Waals surface area contributed by atoms with Crippen molar-refractivity contribution in [1.82, 2.24) is 10.6 Å². The number of morpholine rings is 1. The van der Waals surface area contributed by atoms with Crippen LogP contribution in [0, 0.1) is 0 Å². The van der Waals surface area contributed by atoms with Gasteiger partial charge < -0.3 is 15.4 Å². The molecule has 1 saturated heterocycles. The number of hydrogen-bond acceptors (Lipinski definition) is 3. The second-order valence-electron chi connectivity index (χ2n) is 4.90. The van der Waals surface area contributed by atoms with E-state index in [0.29, 0.717) is 25.2 Å². The number of rotatable bonds is 4. The molecule has 116 valence electrons. The fraction of sp³-hybridized carbons (Fsp3) is 0.500. The van der Waals surface area contributed by atoms with Crippen molar-refractivity contribution in [3.8, 4) is 0 Å². The molecule has 0 saturated carbocycles. The van der Waals surface area contributed by atoms with Crippen molar-refractivity contribution in [1.29, 1.82) is 0 Å². The number of alkyl halides is 3. The van der Waals surface area contributed by atoms with Crippen LogP contribution in [0.1, 0.15) is 17.5 Å². The van der Waals surface area contributed by atoms with Crippen molar-refractivity contribution < 1.29 is 22.7 Å². The van der Waals surface area contributed by atoms with Gasteiger partial charge in [-0.05, 0) is 17.7 Å². The molecule has 2 N–H and O–H groups in total. The largest absolute Gasteiger partial charge is 0.416 e. The van der Waals surface area contributed by atoms with Gasteiger partial charge in [0.05, 0.1) is 18.8 Å². The first-order valence-electron chi connectivity index (χ1n) is 6.69. The van der Waals surface area contributed by atoms with E-state index in [1.165, 1.54) is 12.1 Å². The second-order valence-corrected chi connectivity index (χ2v) is 4.90. The van der Waals surface area contributed by atoms with Gasteiger partial charge in [0.1, 0.15) is 0 Å². The molecule has 1 aliphatic heterocycles. The highest BCUT2D eigenvalue weighted by Crippen LogP contribution is 2.28. The van der Waals surface area contributed by atoms with Gasteiger partial charge in [-0.2, -0.15) is 13.2 Å². The summed E-state index contributed by atoms with van der Waals surface area (Å²) in [5.74, 6) is -0.155. The summed E-state index contributed by atoms with van der Waals surface area (Å²) >= 11 is 0. The maximum atomic E-state index is 12.4. The number of benzene rings is 1. The first-order valence-corrected chi connectivity index (χ1v) is 6.69. The van der Waals surface area contributed by atoms with Crippen LogP contribution in [0.25, 0.3) is 0 Å². The van der Waals surface area contributed by atoms with Crippen molar-refractivity contribution in [2.75, 3.05) is 19.8 Å². The molecular formula is C14H17F3N2O2. The average Bonchev–Trinajstić information content (AvgIpc) is 2.46. The molecule has 1 unspecified atom stereocenters. The summed E-state index contributed by atoms with van der Waals surface area (Å²) in [6.45, 7) is 2.07. The average molecular weight is 302 g/mol. The van der Waals surface area contributed by atoms with Gasteiger partial charge in [0.15, 0.2) is 0 Å². The molecule has 0 aliphatic carbocycles. The predicted molar refractivity (Wildman–Crippen MR) is 70.5 cm³/mol. The van der Waals surface area contributed by atoms with Crippen LogP contribution in [-0.2, 0) is 22.3 Å². The third-order valence-corrected chi connectivity index (χ3v) is 3.20. The summed E-state index contributed by atoms with van der Waals surface area (Å²) < 4.78 is 42.5. The lowest BCUT2D eigenvalue weighted by Crippen LogP contribution is -2.44. The predicted octanol–water partition coefficient (Wildman–Crippen LogP) is 1.70. The summed E-state index contributed by atoms with van der Waals surface area (Å²) in [5, 5.41) is 5.85. The molecule has 1 amide bonds. The van der Waals surface area contributed by atoms with E-state index in [4.69, 9.17) is 4.74 Å². The van der Waals surface area contributed by atoms with Crippen molar-refractivity contribution in [3.05, 3.63) is 35.4 Å². The molecule has 1 aliphatic rings. The van der Waals surface area contributed by atoms with Crippen LogP contribution in [0.2, 0.25) is 0 Å². The molecule has 0 radical (unpaired) electrons. The Bertz CT molecular complexity index is 468. The van der Waals surface area contributed by atoms with Crippen molar-refractivity contribution >= 4 is 5.91 Å². The van der Waals surface area contributed by atoms with Crippen LogP contribution in [0.15, 0.2) is 24.3 Å². The summed E-state index contributed by atoms with van der Waals surface area (Å²) in [7, 11) is 0. The number of amides is 1. The van der Waals surface area contributed by atoms with Gasteiger partial charge in [0, 0.05) is 25.6 Å². The fourth-order valence-corrected chi connectivity index (χ4v) is 2.06. The minimum absolute atomic E-state index is 0.00800. The molecule has 0 spiro atoms. The molecule has 0 aromatic heterocycles. The number of halogens is 3. The van der Waals surface area contributed by atoms with Gasteiger partial charge in [0.2, 0.25) is 5.91 Å². The highest BCUT2D eigenvalue weighted by molar-refractivity contribution is 5.76. The smallest absolute Gasteiger partial charge is 0.378 e. The van der Waals surface area contributed by atoms with E-state index in [-0.39, 0.29) is 18.5 Å². The normalized spacial score (nSPS) is 19.3. The van der Waals surface area contributed by atoms with E-state index in [2.05, 4.69) is 10.6 Å². The number of carbonyl (C=O) groups is 1. The van der Waals surface area contributed by atoms with E-state index in [1.807, 2.05) is 0 Å². The van der Waals surface area contributed by atoms with Gasteiger partial charge in [0.25, 0.3) is 0 Å². The molecule has 7 heteroatoms. The van der Waals surface area contributed by atoms with E-state index in [9.17, 15) is 18.0 Å². The summed E-state index contributed by atoms with van der Waals surface area (Å²) in [6, 6.07) is 4.75. The quantitative estimate of drug-likeness (QED) is 0.890. The summed E-state index contributed by atoms with van der Waals surface area (Å²) in [6.07, 6.45) is -4.05. The standard InChI is InChI=1S/C14H17F3N2O2/c15-14(16,17)11-3-1-10(2-4-11)8-19-13(20)7-12-9-21-6-5-18-12/h1-4,12,18H,5-9H2,(H,19,20). The molecule has 0 bridgehead atoms.